The third-order valence-electron chi connectivity index (χ3n) is 6.54. The predicted octanol–water partition coefficient (Wildman–Crippen LogP) is 8.18. The Hall–Kier alpha value is -3.45. The first-order chi connectivity index (χ1) is 19.1. The first kappa shape index (κ1) is 31.1. The monoisotopic (exact) mass is 567 g/mol. The number of esters is 2. The van der Waals surface area contributed by atoms with Crippen molar-refractivity contribution in [1.29, 1.82) is 0 Å². The Balaban J connectivity index is 0.000000221. The molecule has 0 atom stereocenters. The van der Waals surface area contributed by atoms with E-state index < -0.39 is 36.5 Å². The van der Waals surface area contributed by atoms with Crippen LogP contribution in [0.25, 0.3) is 0 Å². The molecule has 4 nitrogen and oxygen atoms in total. The second-order valence-electron chi connectivity index (χ2n) is 9.89. The summed E-state index contributed by atoms with van der Waals surface area (Å²) in [6, 6.07) is 32.2. The summed E-state index contributed by atoms with van der Waals surface area (Å²) in [5.74, 6) is -4.65. The summed E-state index contributed by atoms with van der Waals surface area (Å²) >= 11 is 0. The van der Waals surface area contributed by atoms with E-state index in [1.165, 1.54) is 14.7 Å². The second kappa shape index (κ2) is 14.8. The molecule has 0 bridgehead atoms. The number of carbonyl (C=O) groups is 2. The highest BCUT2D eigenvalue weighted by Crippen LogP contribution is 2.36. The summed E-state index contributed by atoms with van der Waals surface area (Å²) in [4.78, 5) is 27.4. The summed E-state index contributed by atoms with van der Waals surface area (Å²) in [5, 5.41) is 0. The Bertz CT molecular complexity index is 1130. The molecule has 1 fully saturated rings. The first-order valence-electron chi connectivity index (χ1n) is 13.5. The Morgan fingerprint density at radius 1 is 0.850 bits per heavy atom. The van der Waals surface area contributed by atoms with E-state index in [-0.39, 0.29) is 16.5 Å². The van der Waals surface area contributed by atoms with Crippen molar-refractivity contribution in [2.45, 2.75) is 78.6 Å². The number of alkyl halides is 2. The van der Waals surface area contributed by atoms with Crippen LogP contribution in [0.4, 0.5) is 8.78 Å². The standard InChI is InChI=1S/C18H15S.C15H22F2O4/c1-4-10-16(11-5-1)19(17-12-6-2-7-13-17)18-14-8-3-9-15-18;1-4-15(7-5-6-8-15)21-13(19)11(2)9-12(18)20-10-14(3,16)17/h1-15H;2,4-10H2,1,3H3/q+1;. The zero-order chi connectivity index (χ0) is 29.0. The van der Waals surface area contributed by atoms with Crippen LogP contribution in [0.1, 0.15) is 52.4 Å². The van der Waals surface area contributed by atoms with Gasteiger partial charge in [0.2, 0.25) is 0 Å². The minimum Gasteiger partial charge on any atom is -0.459 e. The molecule has 212 valence electrons. The van der Waals surface area contributed by atoms with Crippen molar-refractivity contribution in [2.24, 2.45) is 0 Å². The van der Waals surface area contributed by atoms with Crippen LogP contribution < -0.4 is 0 Å². The average molecular weight is 568 g/mol. The van der Waals surface area contributed by atoms with Crippen molar-refractivity contribution in [3.05, 3.63) is 103 Å². The summed E-state index contributed by atoms with van der Waals surface area (Å²) in [6.45, 7) is 5.07. The maximum atomic E-state index is 12.6. The number of carbonyl (C=O) groups excluding carboxylic acids is 2. The lowest BCUT2D eigenvalue weighted by Gasteiger charge is -2.28. The highest BCUT2D eigenvalue weighted by Gasteiger charge is 2.36. The van der Waals surface area contributed by atoms with E-state index in [0.29, 0.717) is 13.3 Å². The third kappa shape index (κ3) is 9.63. The smallest absolute Gasteiger partial charge is 0.334 e. The Labute approximate surface area is 238 Å². The SMILES string of the molecule is C=C(CC(=O)OCC(C)(F)F)C(=O)OC1(CC)CCCC1.c1ccc([S+](c2ccccc2)c2ccccc2)cc1. The van der Waals surface area contributed by atoms with Crippen molar-refractivity contribution in [3.8, 4) is 0 Å². The fourth-order valence-corrected chi connectivity index (χ4v) is 6.50. The van der Waals surface area contributed by atoms with Crippen LogP contribution in [0.15, 0.2) is 118 Å². The van der Waals surface area contributed by atoms with Gasteiger partial charge in [0.25, 0.3) is 5.92 Å². The largest absolute Gasteiger partial charge is 0.459 e. The highest BCUT2D eigenvalue weighted by atomic mass is 32.2. The summed E-state index contributed by atoms with van der Waals surface area (Å²) in [7, 11) is -0.0146. The van der Waals surface area contributed by atoms with E-state index in [4.69, 9.17) is 4.74 Å². The van der Waals surface area contributed by atoms with Gasteiger partial charge in [0.1, 0.15) is 5.60 Å². The summed E-state index contributed by atoms with van der Waals surface area (Å²) in [6.07, 6.45) is 3.87. The van der Waals surface area contributed by atoms with Gasteiger partial charge in [-0.25, -0.2) is 13.6 Å². The van der Waals surface area contributed by atoms with Crippen molar-refractivity contribution < 1.29 is 27.8 Å². The molecular formula is C33H37F2O4S+. The van der Waals surface area contributed by atoms with Crippen molar-refractivity contribution in [2.75, 3.05) is 6.61 Å². The molecule has 0 radical (unpaired) electrons. The van der Waals surface area contributed by atoms with E-state index in [9.17, 15) is 18.4 Å². The molecule has 0 aliphatic heterocycles. The normalized spacial score (nSPS) is 14.1. The average Bonchev–Trinajstić information content (AvgIpc) is 3.43. The van der Waals surface area contributed by atoms with Gasteiger partial charge in [-0.3, -0.25) is 4.79 Å². The molecule has 3 aromatic carbocycles. The van der Waals surface area contributed by atoms with E-state index in [0.717, 1.165) is 25.7 Å². The lowest BCUT2D eigenvalue weighted by molar-refractivity contribution is -0.158. The zero-order valence-electron chi connectivity index (χ0n) is 23.1. The Kier molecular flexibility index (Phi) is 11.5. The van der Waals surface area contributed by atoms with Gasteiger partial charge in [-0.05, 0) is 68.5 Å². The van der Waals surface area contributed by atoms with Gasteiger partial charge in [-0.1, -0.05) is 68.1 Å². The van der Waals surface area contributed by atoms with Crippen LogP contribution in [-0.4, -0.2) is 30.1 Å². The van der Waals surface area contributed by atoms with Gasteiger partial charge in [0.05, 0.1) is 17.3 Å². The molecule has 4 rings (SSSR count). The van der Waals surface area contributed by atoms with Crippen LogP contribution in [0.5, 0.6) is 0 Å². The molecule has 0 N–H and O–H groups in total. The topological polar surface area (TPSA) is 52.6 Å². The molecular weight excluding hydrogens is 530 g/mol. The molecule has 1 saturated carbocycles. The van der Waals surface area contributed by atoms with Gasteiger partial charge >= 0.3 is 11.9 Å². The molecule has 0 spiro atoms. The van der Waals surface area contributed by atoms with E-state index in [1.54, 1.807) is 0 Å². The molecule has 0 amide bonds. The molecule has 0 saturated heterocycles. The van der Waals surface area contributed by atoms with Gasteiger partial charge in [0.15, 0.2) is 21.3 Å². The molecule has 0 heterocycles. The molecule has 40 heavy (non-hydrogen) atoms. The van der Waals surface area contributed by atoms with Gasteiger partial charge in [0, 0.05) is 12.5 Å². The predicted molar refractivity (Wildman–Crippen MR) is 154 cm³/mol. The number of ether oxygens (including phenoxy) is 2. The minimum atomic E-state index is -3.09. The van der Waals surface area contributed by atoms with Gasteiger partial charge in [-0.15, -0.1) is 0 Å². The van der Waals surface area contributed by atoms with Crippen LogP contribution in [0, 0.1) is 0 Å². The Morgan fingerprint density at radius 3 is 1.65 bits per heavy atom. The van der Waals surface area contributed by atoms with E-state index in [1.807, 2.05) is 6.92 Å². The lowest BCUT2D eigenvalue weighted by atomic mass is 9.98. The number of halogens is 2. The minimum absolute atomic E-state index is 0.0146. The van der Waals surface area contributed by atoms with Crippen LogP contribution in [0.2, 0.25) is 0 Å². The molecule has 1 aliphatic carbocycles. The van der Waals surface area contributed by atoms with E-state index in [2.05, 4.69) is 102 Å². The molecule has 1 aliphatic rings. The molecule has 7 heteroatoms. The number of benzene rings is 3. The number of hydrogen-bond acceptors (Lipinski definition) is 4. The van der Waals surface area contributed by atoms with Crippen LogP contribution >= 0.6 is 0 Å². The van der Waals surface area contributed by atoms with Crippen molar-refractivity contribution in [3.63, 3.8) is 0 Å². The second-order valence-corrected chi connectivity index (χ2v) is 11.9. The molecule has 0 unspecified atom stereocenters. The third-order valence-corrected chi connectivity index (χ3v) is 8.77. The Morgan fingerprint density at radius 2 is 1.27 bits per heavy atom. The fraction of sp³-hybridized carbons (Fsp3) is 0.333. The number of hydrogen-bond donors (Lipinski definition) is 0. The number of rotatable bonds is 10. The first-order valence-corrected chi connectivity index (χ1v) is 14.7. The summed E-state index contributed by atoms with van der Waals surface area (Å²) < 4.78 is 35.0. The van der Waals surface area contributed by atoms with E-state index >= 15 is 0 Å². The lowest BCUT2D eigenvalue weighted by Crippen LogP contribution is -2.32. The van der Waals surface area contributed by atoms with Crippen LogP contribution in [-0.2, 0) is 30.0 Å². The summed E-state index contributed by atoms with van der Waals surface area (Å²) in [5.41, 5.74) is -0.542. The van der Waals surface area contributed by atoms with Crippen molar-refractivity contribution >= 4 is 22.8 Å². The maximum Gasteiger partial charge on any atom is 0.334 e. The molecule has 0 aromatic heterocycles. The fourth-order valence-electron chi connectivity index (χ4n) is 4.40. The van der Waals surface area contributed by atoms with Crippen LogP contribution in [0.3, 0.4) is 0 Å². The molecule has 3 aromatic rings. The van der Waals surface area contributed by atoms with Gasteiger partial charge in [-0.2, -0.15) is 0 Å². The highest BCUT2D eigenvalue weighted by molar-refractivity contribution is 7.97. The van der Waals surface area contributed by atoms with Crippen molar-refractivity contribution in [1.82, 2.24) is 0 Å². The zero-order valence-corrected chi connectivity index (χ0v) is 23.9. The maximum absolute atomic E-state index is 12.6. The van der Waals surface area contributed by atoms with Gasteiger partial charge < -0.3 is 9.47 Å². The quantitative estimate of drug-likeness (QED) is 0.141.